The second kappa shape index (κ2) is 7.38. The number of nitrogens with one attached hydrogen (secondary N) is 2. The van der Waals surface area contributed by atoms with Crippen LogP contribution >= 0.6 is 0 Å². The van der Waals surface area contributed by atoms with E-state index >= 15 is 0 Å². The predicted octanol–water partition coefficient (Wildman–Crippen LogP) is 4.20. The van der Waals surface area contributed by atoms with Crippen molar-refractivity contribution in [2.75, 3.05) is 11.9 Å². The lowest BCUT2D eigenvalue weighted by Gasteiger charge is -2.10. The smallest absolute Gasteiger partial charge is 0.255 e. The fraction of sp³-hybridized carbons (Fsp3) is 0.208. The summed E-state index contributed by atoms with van der Waals surface area (Å²) in [5.74, 6) is 0.113. The fourth-order valence-corrected chi connectivity index (χ4v) is 5.03. The van der Waals surface area contributed by atoms with Crippen LogP contribution in [-0.2, 0) is 16.4 Å². The molecule has 2 aliphatic rings. The van der Waals surface area contributed by atoms with Crippen LogP contribution < -0.4 is 10.0 Å². The minimum Gasteiger partial charge on any atom is -0.322 e. The zero-order valence-corrected chi connectivity index (χ0v) is 17.2. The highest BCUT2D eigenvalue weighted by Gasteiger charge is 2.25. The summed E-state index contributed by atoms with van der Waals surface area (Å²) in [6.45, 7) is 0.455. The van der Waals surface area contributed by atoms with E-state index in [0.717, 1.165) is 19.3 Å². The summed E-state index contributed by atoms with van der Waals surface area (Å²) in [6, 6.07) is 20.4. The molecule has 152 valence electrons. The Hall–Kier alpha value is -2.96. The summed E-state index contributed by atoms with van der Waals surface area (Å²) >= 11 is 0. The van der Waals surface area contributed by atoms with E-state index in [1.165, 1.54) is 34.4 Å². The van der Waals surface area contributed by atoms with E-state index in [1.807, 2.05) is 30.3 Å². The molecule has 1 saturated carbocycles. The van der Waals surface area contributed by atoms with E-state index in [2.05, 4.69) is 22.2 Å². The molecule has 30 heavy (non-hydrogen) atoms. The van der Waals surface area contributed by atoms with E-state index in [-0.39, 0.29) is 10.8 Å². The molecule has 0 aromatic heterocycles. The number of carbonyl (C=O) groups is 1. The standard InChI is InChI=1S/C24H22N2O3S/c27-24(18-5-3-6-21(14-18)30(28,29)25-15-16-8-9-16)26-20-10-11-23-19(13-20)12-17-4-1-2-7-22(17)23/h1-7,10-11,13-14,16,25H,8-9,12,15H2,(H,26,27). The summed E-state index contributed by atoms with van der Waals surface area (Å²) < 4.78 is 27.6. The van der Waals surface area contributed by atoms with Gasteiger partial charge in [-0.2, -0.15) is 0 Å². The van der Waals surface area contributed by atoms with E-state index < -0.39 is 10.0 Å². The molecule has 2 N–H and O–H groups in total. The first-order valence-corrected chi connectivity index (χ1v) is 11.6. The maximum atomic E-state index is 12.8. The molecule has 3 aromatic carbocycles. The van der Waals surface area contributed by atoms with Crippen molar-refractivity contribution in [1.82, 2.24) is 4.72 Å². The summed E-state index contributed by atoms with van der Waals surface area (Å²) in [5.41, 5.74) is 5.90. The van der Waals surface area contributed by atoms with Gasteiger partial charge in [0.05, 0.1) is 4.90 Å². The van der Waals surface area contributed by atoms with Gasteiger partial charge in [-0.25, -0.2) is 13.1 Å². The molecule has 0 unspecified atom stereocenters. The van der Waals surface area contributed by atoms with Crippen LogP contribution in [0, 0.1) is 5.92 Å². The van der Waals surface area contributed by atoms with Crippen molar-refractivity contribution in [2.45, 2.75) is 24.2 Å². The van der Waals surface area contributed by atoms with Gasteiger partial charge in [0.25, 0.3) is 5.91 Å². The van der Waals surface area contributed by atoms with Crippen LogP contribution in [0.4, 0.5) is 5.69 Å². The summed E-state index contributed by atoms with van der Waals surface area (Å²) in [6.07, 6.45) is 2.98. The summed E-state index contributed by atoms with van der Waals surface area (Å²) in [7, 11) is -3.61. The largest absolute Gasteiger partial charge is 0.322 e. The quantitative estimate of drug-likeness (QED) is 0.493. The number of rotatable bonds is 6. The Morgan fingerprint density at radius 3 is 2.53 bits per heavy atom. The zero-order valence-electron chi connectivity index (χ0n) is 16.4. The van der Waals surface area contributed by atoms with Crippen LogP contribution in [0.5, 0.6) is 0 Å². The van der Waals surface area contributed by atoms with E-state index in [0.29, 0.717) is 23.7 Å². The zero-order chi connectivity index (χ0) is 20.7. The van der Waals surface area contributed by atoms with Crippen LogP contribution in [0.1, 0.15) is 34.3 Å². The van der Waals surface area contributed by atoms with Crippen molar-refractivity contribution in [3.05, 3.63) is 83.4 Å². The third kappa shape index (κ3) is 3.76. The van der Waals surface area contributed by atoms with Gasteiger partial charge in [0.15, 0.2) is 0 Å². The minimum absolute atomic E-state index is 0.111. The third-order valence-electron chi connectivity index (χ3n) is 5.72. The van der Waals surface area contributed by atoms with Gasteiger partial charge in [-0.1, -0.05) is 36.4 Å². The number of hydrogen-bond acceptors (Lipinski definition) is 3. The van der Waals surface area contributed by atoms with Crippen molar-refractivity contribution >= 4 is 21.6 Å². The molecule has 1 amide bonds. The lowest BCUT2D eigenvalue weighted by molar-refractivity contribution is 0.102. The maximum Gasteiger partial charge on any atom is 0.255 e. The molecular formula is C24H22N2O3S. The Bertz CT molecular complexity index is 1250. The van der Waals surface area contributed by atoms with Crippen LogP contribution in [0.2, 0.25) is 0 Å². The summed E-state index contributed by atoms with van der Waals surface area (Å²) in [5, 5.41) is 2.90. The van der Waals surface area contributed by atoms with Crippen molar-refractivity contribution in [2.24, 2.45) is 5.92 Å². The second-order valence-corrected chi connectivity index (χ2v) is 9.75. The number of anilines is 1. The fourth-order valence-electron chi connectivity index (χ4n) is 3.86. The molecule has 6 heteroatoms. The highest BCUT2D eigenvalue weighted by molar-refractivity contribution is 7.89. The summed E-state index contributed by atoms with van der Waals surface area (Å²) in [4.78, 5) is 12.9. The Morgan fingerprint density at radius 1 is 0.900 bits per heavy atom. The molecule has 0 heterocycles. The number of benzene rings is 3. The number of hydrogen-bond donors (Lipinski definition) is 2. The monoisotopic (exact) mass is 418 g/mol. The molecule has 1 fully saturated rings. The Balaban J connectivity index is 1.33. The first-order valence-electron chi connectivity index (χ1n) is 10.1. The van der Waals surface area contributed by atoms with Gasteiger partial charge in [0.1, 0.15) is 0 Å². The molecule has 0 bridgehead atoms. The van der Waals surface area contributed by atoms with Gasteiger partial charge in [0, 0.05) is 17.8 Å². The molecular weight excluding hydrogens is 396 g/mol. The Morgan fingerprint density at radius 2 is 1.70 bits per heavy atom. The number of amides is 1. The Kier molecular flexibility index (Phi) is 4.68. The van der Waals surface area contributed by atoms with Crippen molar-refractivity contribution in [3.8, 4) is 11.1 Å². The van der Waals surface area contributed by atoms with Gasteiger partial charge in [0.2, 0.25) is 10.0 Å². The molecule has 0 saturated heterocycles. The van der Waals surface area contributed by atoms with Crippen LogP contribution in [-0.4, -0.2) is 20.9 Å². The van der Waals surface area contributed by atoms with Crippen molar-refractivity contribution in [3.63, 3.8) is 0 Å². The first-order chi connectivity index (χ1) is 14.5. The lowest BCUT2D eigenvalue weighted by Crippen LogP contribution is -2.26. The van der Waals surface area contributed by atoms with Crippen LogP contribution in [0.25, 0.3) is 11.1 Å². The highest BCUT2D eigenvalue weighted by atomic mass is 32.2. The molecule has 5 rings (SSSR count). The van der Waals surface area contributed by atoms with E-state index in [4.69, 9.17) is 0 Å². The normalized spacial score (nSPS) is 14.8. The molecule has 2 aliphatic carbocycles. The first kappa shape index (κ1) is 19.0. The van der Waals surface area contributed by atoms with Gasteiger partial charge < -0.3 is 5.32 Å². The van der Waals surface area contributed by atoms with Gasteiger partial charge in [-0.3, -0.25) is 4.79 Å². The van der Waals surface area contributed by atoms with Gasteiger partial charge >= 0.3 is 0 Å². The minimum atomic E-state index is -3.61. The maximum absolute atomic E-state index is 12.8. The molecule has 0 spiro atoms. The van der Waals surface area contributed by atoms with Crippen molar-refractivity contribution in [1.29, 1.82) is 0 Å². The highest BCUT2D eigenvalue weighted by Crippen LogP contribution is 2.37. The van der Waals surface area contributed by atoms with Gasteiger partial charge in [-0.15, -0.1) is 0 Å². The van der Waals surface area contributed by atoms with Crippen LogP contribution in [0.15, 0.2) is 71.6 Å². The average molecular weight is 419 g/mol. The van der Waals surface area contributed by atoms with Gasteiger partial charge in [-0.05, 0) is 77.8 Å². The second-order valence-electron chi connectivity index (χ2n) is 7.98. The molecule has 0 atom stereocenters. The predicted molar refractivity (Wildman–Crippen MR) is 117 cm³/mol. The number of fused-ring (bicyclic) bond motifs is 3. The van der Waals surface area contributed by atoms with Crippen molar-refractivity contribution < 1.29 is 13.2 Å². The molecule has 3 aromatic rings. The van der Waals surface area contributed by atoms with Crippen LogP contribution in [0.3, 0.4) is 0 Å². The Labute approximate surface area is 176 Å². The SMILES string of the molecule is O=C(Nc1ccc2c(c1)Cc1ccccc1-2)c1cccc(S(=O)(=O)NCC2CC2)c1. The lowest BCUT2D eigenvalue weighted by atomic mass is 10.1. The number of sulfonamides is 1. The molecule has 5 nitrogen and oxygen atoms in total. The average Bonchev–Trinajstić information content (AvgIpc) is 3.51. The van der Waals surface area contributed by atoms with E-state index in [9.17, 15) is 13.2 Å². The number of carbonyl (C=O) groups excluding carboxylic acids is 1. The molecule has 0 radical (unpaired) electrons. The third-order valence-corrected chi connectivity index (χ3v) is 7.14. The van der Waals surface area contributed by atoms with E-state index in [1.54, 1.807) is 12.1 Å². The topological polar surface area (TPSA) is 75.3 Å². The molecule has 0 aliphatic heterocycles.